The number of aryl methyl sites for hydroxylation is 1. The van der Waals surface area contributed by atoms with E-state index < -0.39 is 0 Å². The van der Waals surface area contributed by atoms with Crippen molar-refractivity contribution in [2.45, 2.75) is 12.1 Å². The van der Waals surface area contributed by atoms with E-state index >= 15 is 0 Å². The minimum atomic E-state index is -0.0965. The van der Waals surface area contributed by atoms with E-state index in [0.717, 1.165) is 5.69 Å². The topological polar surface area (TPSA) is 102 Å². The number of nitrogens with one attached hydrogen (secondary N) is 1. The molecule has 3 N–H and O–H groups in total. The number of aromatic amines is 1. The molecule has 3 rings (SSSR count). The summed E-state index contributed by atoms with van der Waals surface area (Å²) in [5.74, 6) is 6.48. The summed E-state index contributed by atoms with van der Waals surface area (Å²) in [6, 6.07) is 8.74. The standard InChI is InChI=1S/C14H13ClN6OS/c1-8-6-11(18-17-8)13-19-20-14(21(13)16)23-7-12(22)9-4-2-3-5-10(9)15/h2-6H,7,16H2,1H3,(H,17,18). The second kappa shape index (κ2) is 6.43. The number of ketones is 1. The molecule has 0 aliphatic carbocycles. The molecule has 0 bridgehead atoms. The molecule has 1 aromatic carbocycles. The molecule has 0 aliphatic rings. The van der Waals surface area contributed by atoms with Crippen molar-refractivity contribution in [3.8, 4) is 11.5 Å². The molecule has 0 unspecified atom stereocenters. The average molecular weight is 349 g/mol. The van der Waals surface area contributed by atoms with Crippen LogP contribution >= 0.6 is 23.4 Å². The maximum Gasteiger partial charge on any atom is 0.210 e. The number of H-pyrrole nitrogens is 1. The fourth-order valence-corrected chi connectivity index (χ4v) is 2.96. The van der Waals surface area contributed by atoms with Crippen LogP contribution in [0, 0.1) is 6.92 Å². The van der Waals surface area contributed by atoms with Crippen LogP contribution in [0.1, 0.15) is 16.1 Å². The zero-order valence-electron chi connectivity index (χ0n) is 12.2. The molecule has 3 aromatic rings. The van der Waals surface area contributed by atoms with E-state index in [1.807, 2.05) is 13.0 Å². The normalized spacial score (nSPS) is 10.9. The summed E-state index contributed by atoms with van der Waals surface area (Å²) in [5.41, 5.74) is 1.97. The summed E-state index contributed by atoms with van der Waals surface area (Å²) in [6.45, 7) is 1.88. The van der Waals surface area contributed by atoms with E-state index in [2.05, 4.69) is 20.4 Å². The highest BCUT2D eigenvalue weighted by atomic mass is 35.5. The maximum atomic E-state index is 12.2. The Bertz CT molecular complexity index is 859. The van der Waals surface area contributed by atoms with Gasteiger partial charge in [-0.3, -0.25) is 9.89 Å². The third-order valence-corrected chi connectivity index (χ3v) is 4.38. The number of halogens is 1. The molecule has 7 nitrogen and oxygen atoms in total. The first-order valence-corrected chi connectivity index (χ1v) is 8.06. The number of aromatic nitrogens is 5. The van der Waals surface area contributed by atoms with Crippen molar-refractivity contribution >= 4 is 29.1 Å². The van der Waals surface area contributed by atoms with Gasteiger partial charge in [0.2, 0.25) is 11.0 Å². The number of carbonyl (C=O) groups is 1. The number of nitrogens with two attached hydrogens (primary N) is 1. The molecule has 0 radical (unpaired) electrons. The molecule has 0 fully saturated rings. The van der Waals surface area contributed by atoms with Gasteiger partial charge in [0.1, 0.15) is 5.69 Å². The fraction of sp³-hybridized carbons (Fsp3) is 0.143. The van der Waals surface area contributed by atoms with E-state index in [0.29, 0.717) is 27.3 Å². The smallest absolute Gasteiger partial charge is 0.210 e. The lowest BCUT2D eigenvalue weighted by Gasteiger charge is -2.03. The summed E-state index contributed by atoms with van der Waals surface area (Å²) in [4.78, 5) is 12.2. The van der Waals surface area contributed by atoms with Gasteiger partial charge in [0.05, 0.1) is 10.8 Å². The summed E-state index contributed by atoms with van der Waals surface area (Å²) in [7, 11) is 0. The summed E-state index contributed by atoms with van der Waals surface area (Å²) >= 11 is 7.22. The van der Waals surface area contributed by atoms with Crippen LogP contribution in [-0.4, -0.2) is 36.6 Å². The Morgan fingerprint density at radius 3 is 2.87 bits per heavy atom. The third-order valence-electron chi connectivity index (χ3n) is 3.11. The van der Waals surface area contributed by atoms with E-state index in [1.54, 1.807) is 24.3 Å². The molecule has 23 heavy (non-hydrogen) atoms. The first-order chi connectivity index (χ1) is 11.1. The maximum absolute atomic E-state index is 12.2. The predicted octanol–water partition coefficient (Wildman–Crippen LogP) is 2.32. The molecule has 2 aromatic heterocycles. The fourth-order valence-electron chi connectivity index (χ4n) is 1.98. The van der Waals surface area contributed by atoms with Crippen LogP contribution in [-0.2, 0) is 0 Å². The SMILES string of the molecule is Cc1cc(-c2nnc(SCC(=O)c3ccccc3Cl)n2N)n[nH]1. The molecule has 0 saturated heterocycles. The Labute approximate surface area is 141 Å². The molecule has 0 atom stereocenters. The second-order valence-electron chi connectivity index (χ2n) is 4.80. The number of nitrogens with zero attached hydrogens (tertiary/aromatic N) is 4. The first-order valence-electron chi connectivity index (χ1n) is 6.69. The van der Waals surface area contributed by atoms with Gasteiger partial charge in [0.15, 0.2) is 5.78 Å². The lowest BCUT2D eigenvalue weighted by molar-refractivity contribution is 0.102. The molecular formula is C14H13ClN6OS. The highest BCUT2D eigenvalue weighted by molar-refractivity contribution is 7.99. The summed E-state index contributed by atoms with van der Waals surface area (Å²) in [5, 5.41) is 15.8. The lowest BCUT2D eigenvalue weighted by Crippen LogP contribution is -2.13. The Hall–Kier alpha value is -2.32. The second-order valence-corrected chi connectivity index (χ2v) is 6.15. The van der Waals surface area contributed by atoms with Crippen LogP contribution in [0.5, 0.6) is 0 Å². The molecule has 118 valence electrons. The minimum Gasteiger partial charge on any atom is -0.335 e. The zero-order valence-corrected chi connectivity index (χ0v) is 13.7. The molecule has 2 heterocycles. The molecule has 9 heteroatoms. The molecule has 0 saturated carbocycles. The van der Waals surface area contributed by atoms with Gasteiger partial charge < -0.3 is 5.84 Å². The number of nitrogen functional groups attached to an aromatic ring is 1. The number of hydrogen-bond acceptors (Lipinski definition) is 6. The van der Waals surface area contributed by atoms with Crippen molar-refractivity contribution in [1.29, 1.82) is 0 Å². The van der Waals surface area contributed by atoms with Crippen molar-refractivity contribution < 1.29 is 4.79 Å². The van der Waals surface area contributed by atoms with Crippen molar-refractivity contribution in [2.75, 3.05) is 11.6 Å². The van der Waals surface area contributed by atoms with Crippen LogP contribution in [0.2, 0.25) is 5.02 Å². The van der Waals surface area contributed by atoms with Gasteiger partial charge in [0.25, 0.3) is 0 Å². The zero-order chi connectivity index (χ0) is 16.4. The molecule has 0 spiro atoms. The van der Waals surface area contributed by atoms with Gasteiger partial charge in [-0.25, -0.2) is 4.68 Å². The highest BCUT2D eigenvalue weighted by Crippen LogP contribution is 2.23. The van der Waals surface area contributed by atoms with Crippen LogP contribution in [0.15, 0.2) is 35.5 Å². The Morgan fingerprint density at radius 2 is 2.17 bits per heavy atom. The van der Waals surface area contributed by atoms with E-state index in [1.165, 1.54) is 16.4 Å². The van der Waals surface area contributed by atoms with Gasteiger partial charge in [-0.1, -0.05) is 35.5 Å². The number of thioether (sulfide) groups is 1. The van der Waals surface area contributed by atoms with Crippen LogP contribution in [0.25, 0.3) is 11.5 Å². The van der Waals surface area contributed by atoms with Crippen molar-refractivity contribution in [2.24, 2.45) is 0 Å². The predicted molar refractivity (Wildman–Crippen MR) is 89.0 cm³/mol. The minimum absolute atomic E-state index is 0.0965. The monoisotopic (exact) mass is 348 g/mol. The van der Waals surface area contributed by atoms with Gasteiger partial charge in [-0.05, 0) is 25.1 Å². The summed E-state index contributed by atoms with van der Waals surface area (Å²) in [6.07, 6.45) is 0. The molecule has 0 amide bonds. The molecule has 0 aliphatic heterocycles. The number of rotatable bonds is 5. The van der Waals surface area contributed by atoms with Gasteiger partial charge in [-0.15, -0.1) is 10.2 Å². The van der Waals surface area contributed by atoms with Crippen molar-refractivity contribution in [3.63, 3.8) is 0 Å². The Kier molecular flexibility index (Phi) is 4.35. The number of benzene rings is 1. The van der Waals surface area contributed by atoms with Gasteiger partial charge >= 0.3 is 0 Å². The highest BCUT2D eigenvalue weighted by Gasteiger charge is 2.17. The van der Waals surface area contributed by atoms with Crippen LogP contribution < -0.4 is 5.84 Å². The van der Waals surface area contributed by atoms with Gasteiger partial charge in [-0.2, -0.15) is 5.10 Å². The van der Waals surface area contributed by atoms with Crippen LogP contribution in [0.3, 0.4) is 0 Å². The number of carbonyl (C=O) groups excluding carboxylic acids is 1. The summed E-state index contributed by atoms with van der Waals surface area (Å²) < 4.78 is 1.32. The van der Waals surface area contributed by atoms with Crippen molar-refractivity contribution in [3.05, 3.63) is 46.6 Å². The Morgan fingerprint density at radius 1 is 1.39 bits per heavy atom. The Balaban J connectivity index is 1.73. The first kappa shape index (κ1) is 15.6. The lowest BCUT2D eigenvalue weighted by atomic mass is 10.1. The van der Waals surface area contributed by atoms with Gasteiger partial charge in [0, 0.05) is 11.3 Å². The quantitative estimate of drug-likeness (QED) is 0.416. The van der Waals surface area contributed by atoms with Crippen LogP contribution in [0.4, 0.5) is 0 Å². The molecular weight excluding hydrogens is 336 g/mol. The van der Waals surface area contributed by atoms with E-state index in [4.69, 9.17) is 17.4 Å². The largest absolute Gasteiger partial charge is 0.335 e. The number of Topliss-reactive ketones (excluding diaryl/α,β-unsaturated/α-hetero) is 1. The number of hydrogen-bond donors (Lipinski definition) is 2. The van der Waals surface area contributed by atoms with Crippen molar-refractivity contribution in [1.82, 2.24) is 25.1 Å². The average Bonchev–Trinajstić information content (AvgIpc) is 3.11. The van der Waals surface area contributed by atoms with E-state index in [-0.39, 0.29) is 11.5 Å². The van der Waals surface area contributed by atoms with E-state index in [9.17, 15) is 4.79 Å². The third kappa shape index (κ3) is 3.22.